The highest BCUT2D eigenvalue weighted by Crippen LogP contribution is 2.39. The van der Waals surface area contributed by atoms with E-state index in [1.807, 2.05) is 29.2 Å². The minimum Gasteiger partial charge on any atom is -0.454 e. The lowest BCUT2D eigenvalue weighted by Crippen LogP contribution is -2.28. The van der Waals surface area contributed by atoms with Gasteiger partial charge in [0.2, 0.25) is 6.79 Å². The van der Waals surface area contributed by atoms with E-state index in [0.29, 0.717) is 34.2 Å². The van der Waals surface area contributed by atoms with Crippen molar-refractivity contribution < 1.29 is 19.1 Å². The van der Waals surface area contributed by atoms with Gasteiger partial charge in [-0.25, -0.2) is 0 Å². The monoisotopic (exact) mass is 386 g/mol. The average Bonchev–Trinajstić information content (AvgIpc) is 3.37. The molecule has 0 bridgehead atoms. The molecule has 7 heteroatoms. The van der Waals surface area contributed by atoms with Crippen LogP contribution < -0.4 is 14.8 Å². The van der Waals surface area contributed by atoms with E-state index in [-0.39, 0.29) is 18.6 Å². The lowest BCUT2D eigenvalue weighted by atomic mass is 10.1. The maximum atomic E-state index is 12.5. The van der Waals surface area contributed by atoms with Crippen molar-refractivity contribution in [2.24, 2.45) is 0 Å². The predicted molar refractivity (Wildman–Crippen MR) is 100 cm³/mol. The molecule has 0 radical (unpaired) electrons. The Morgan fingerprint density at radius 1 is 1.07 bits per heavy atom. The second kappa shape index (κ2) is 7.48. The Morgan fingerprint density at radius 2 is 1.89 bits per heavy atom. The fraction of sp³-hybridized carbons (Fsp3) is 0.300. The fourth-order valence-corrected chi connectivity index (χ4v) is 3.57. The maximum Gasteiger partial charge on any atom is 0.253 e. The van der Waals surface area contributed by atoms with Gasteiger partial charge in [-0.05, 0) is 42.7 Å². The van der Waals surface area contributed by atoms with Crippen molar-refractivity contribution in [3.63, 3.8) is 0 Å². The van der Waals surface area contributed by atoms with Crippen LogP contribution in [0.15, 0.2) is 36.4 Å². The number of ether oxygens (including phenoxy) is 2. The number of hydrogen-bond donors (Lipinski definition) is 1. The standard InChI is InChI=1S/C20H19ClN2O4/c21-16-9-15(10-17-18(16)27-12-26-17)19(24)22-11-13-4-3-5-14(8-13)20(25)23-6-1-2-7-23/h3-5,8-10H,1-2,6-7,11-12H2,(H,22,24). The van der Waals surface area contributed by atoms with Crippen LogP contribution in [0.3, 0.4) is 0 Å². The molecule has 0 aliphatic carbocycles. The molecule has 0 saturated carbocycles. The number of amides is 2. The first kappa shape index (κ1) is 17.7. The van der Waals surface area contributed by atoms with Crippen LogP contribution in [0.4, 0.5) is 0 Å². The van der Waals surface area contributed by atoms with E-state index in [0.717, 1.165) is 31.5 Å². The van der Waals surface area contributed by atoms with Crippen LogP contribution in [0.1, 0.15) is 39.1 Å². The predicted octanol–water partition coefficient (Wildman–Crippen LogP) is 3.23. The number of nitrogens with one attached hydrogen (secondary N) is 1. The number of hydrogen-bond acceptors (Lipinski definition) is 4. The lowest BCUT2D eigenvalue weighted by Gasteiger charge is -2.15. The minimum absolute atomic E-state index is 0.0447. The molecule has 2 aromatic carbocycles. The Hall–Kier alpha value is -2.73. The van der Waals surface area contributed by atoms with Crippen LogP contribution >= 0.6 is 11.6 Å². The van der Waals surface area contributed by atoms with E-state index >= 15 is 0 Å². The molecule has 1 saturated heterocycles. The summed E-state index contributed by atoms with van der Waals surface area (Å²) in [4.78, 5) is 26.8. The molecule has 2 amide bonds. The van der Waals surface area contributed by atoms with Crippen molar-refractivity contribution in [2.75, 3.05) is 19.9 Å². The van der Waals surface area contributed by atoms with E-state index in [1.165, 1.54) is 0 Å². The summed E-state index contributed by atoms with van der Waals surface area (Å²) in [6.07, 6.45) is 2.11. The molecule has 0 spiro atoms. The van der Waals surface area contributed by atoms with Gasteiger partial charge in [0.25, 0.3) is 11.8 Å². The van der Waals surface area contributed by atoms with Crippen LogP contribution in [0, 0.1) is 0 Å². The van der Waals surface area contributed by atoms with Crippen molar-refractivity contribution in [3.05, 3.63) is 58.1 Å². The smallest absolute Gasteiger partial charge is 0.253 e. The molecule has 2 heterocycles. The van der Waals surface area contributed by atoms with Gasteiger partial charge < -0.3 is 19.7 Å². The number of nitrogens with zero attached hydrogens (tertiary/aromatic N) is 1. The number of fused-ring (bicyclic) bond motifs is 1. The molecule has 2 aliphatic heterocycles. The van der Waals surface area contributed by atoms with E-state index in [2.05, 4.69) is 5.32 Å². The first-order valence-corrected chi connectivity index (χ1v) is 9.25. The molecule has 0 atom stereocenters. The van der Waals surface area contributed by atoms with E-state index in [4.69, 9.17) is 21.1 Å². The summed E-state index contributed by atoms with van der Waals surface area (Å²) < 4.78 is 10.5. The molecule has 1 fully saturated rings. The fourth-order valence-electron chi connectivity index (χ4n) is 3.30. The van der Waals surface area contributed by atoms with Gasteiger partial charge in [0, 0.05) is 30.8 Å². The number of benzene rings is 2. The highest BCUT2D eigenvalue weighted by molar-refractivity contribution is 6.32. The Kier molecular flexibility index (Phi) is 4.90. The average molecular weight is 387 g/mol. The molecule has 2 aliphatic rings. The van der Waals surface area contributed by atoms with Crippen molar-refractivity contribution in [1.82, 2.24) is 10.2 Å². The lowest BCUT2D eigenvalue weighted by molar-refractivity contribution is 0.0792. The largest absolute Gasteiger partial charge is 0.454 e. The van der Waals surface area contributed by atoms with Crippen molar-refractivity contribution >= 4 is 23.4 Å². The second-order valence-electron chi connectivity index (χ2n) is 6.57. The summed E-state index contributed by atoms with van der Waals surface area (Å²) in [5.41, 5.74) is 1.91. The Labute approximate surface area is 162 Å². The van der Waals surface area contributed by atoms with Crippen LogP contribution in [-0.4, -0.2) is 36.6 Å². The van der Waals surface area contributed by atoms with Crippen LogP contribution in [0.2, 0.25) is 5.02 Å². The van der Waals surface area contributed by atoms with Crippen LogP contribution in [-0.2, 0) is 6.54 Å². The molecule has 2 aromatic rings. The SMILES string of the molecule is O=C(NCc1cccc(C(=O)N2CCCC2)c1)c1cc(Cl)c2c(c1)OCO2. The van der Waals surface area contributed by atoms with Gasteiger partial charge in [0.1, 0.15) is 0 Å². The number of likely N-dealkylation sites (tertiary alicyclic amines) is 1. The zero-order valence-corrected chi connectivity index (χ0v) is 15.4. The second-order valence-corrected chi connectivity index (χ2v) is 6.98. The minimum atomic E-state index is -0.272. The number of halogens is 1. The van der Waals surface area contributed by atoms with Gasteiger partial charge >= 0.3 is 0 Å². The highest BCUT2D eigenvalue weighted by atomic mass is 35.5. The quantitative estimate of drug-likeness (QED) is 0.876. The Bertz CT molecular complexity index is 894. The van der Waals surface area contributed by atoms with Gasteiger partial charge in [-0.1, -0.05) is 23.7 Å². The van der Waals surface area contributed by atoms with Gasteiger partial charge in [0.05, 0.1) is 5.02 Å². The maximum absolute atomic E-state index is 12.5. The third-order valence-electron chi connectivity index (χ3n) is 4.71. The first-order valence-electron chi connectivity index (χ1n) is 8.87. The number of rotatable bonds is 4. The highest BCUT2D eigenvalue weighted by Gasteiger charge is 2.21. The van der Waals surface area contributed by atoms with Gasteiger partial charge in [0.15, 0.2) is 11.5 Å². The van der Waals surface area contributed by atoms with Crippen LogP contribution in [0.5, 0.6) is 11.5 Å². The molecule has 4 rings (SSSR count). The summed E-state index contributed by atoms with van der Waals surface area (Å²) in [5, 5.41) is 3.19. The van der Waals surface area contributed by atoms with E-state index < -0.39 is 0 Å². The number of carbonyl (C=O) groups excluding carboxylic acids is 2. The topological polar surface area (TPSA) is 67.9 Å². The molecule has 6 nitrogen and oxygen atoms in total. The molecule has 0 aromatic heterocycles. The zero-order chi connectivity index (χ0) is 18.8. The summed E-state index contributed by atoms with van der Waals surface area (Å²) in [5.74, 6) is 0.696. The van der Waals surface area contributed by atoms with Crippen molar-refractivity contribution in [3.8, 4) is 11.5 Å². The third kappa shape index (κ3) is 3.71. The molecular weight excluding hydrogens is 368 g/mol. The Balaban J connectivity index is 1.43. The number of carbonyl (C=O) groups is 2. The van der Waals surface area contributed by atoms with Gasteiger partial charge in [-0.3, -0.25) is 9.59 Å². The summed E-state index contributed by atoms with van der Waals surface area (Å²) >= 11 is 6.13. The van der Waals surface area contributed by atoms with Crippen molar-refractivity contribution in [1.29, 1.82) is 0 Å². The van der Waals surface area contributed by atoms with Crippen molar-refractivity contribution in [2.45, 2.75) is 19.4 Å². The molecule has 27 heavy (non-hydrogen) atoms. The van der Waals surface area contributed by atoms with Gasteiger partial charge in [-0.15, -0.1) is 0 Å². The van der Waals surface area contributed by atoms with E-state index in [9.17, 15) is 9.59 Å². The summed E-state index contributed by atoms with van der Waals surface area (Å²) in [6, 6.07) is 10.5. The molecular formula is C20H19ClN2O4. The van der Waals surface area contributed by atoms with Crippen LogP contribution in [0.25, 0.3) is 0 Å². The summed E-state index contributed by atoms with van der Waals surface area (Å²) in [6.45, 7) is 2.03. The summed E-state index contributed by atoms with van der Waals surface area (Å²) in [7, 11) is 0. The normalized spacial score (nSPS) is 15.1. The Morgan fingerprint density at radius 3 is 2.70 bits per heavy atom. The molecule has 140 valence electrons. The zero-order valence-electron chi connectivity index (χ0n) is 14.7. The molecule has 1 N–H and O–H groups in total. The third-order valence-corrected chi connectivity index (χ3v) is 4.99. The van der Waals surface area contributed by atoms with Gasteiger partial charge in [-0.2, -0.15) is 0 Å². The first-order chi connectivity index (χ1) is 13.1. The molecule has 0 unspecified atom stereocenters. The van der Waals surface area contributed by atoms with E-state index in [1.54, 1.807) is 12.1 Å².